The molecule has 3 aliphatic rings. The summed E-state index contributed by atoms with van der Waals surface area (Å²) < 4.78 is 6.02. The molecule has 2 aliphatic heterocycles. The molecule has 1 unspecified atom stereocenters. The molecule has 0 radical (unpaired) electrons. The van der Waals surface area contributed by atoms with Crippen molar-refractivity contribution in [2.75, 3.05) is 7.05 Å². The van der Waals surface area contributed by atoms with E-state index < -0.39 is 30.5 Å². The predicted octanol–water partition coefficient (Wildman–Crippen LogP) is 1.01. The summed E-state index contributed by atoms with van der Waals surface area (Å²) in [7, 11) is 1.69. The topological polar surface area (TPSA) is 99.8 Å². The van der Waals surface area contributed by atoms with Crippen molar-refractivity contribution in [2.45, 2.75) is 82.5 Å². The van der Waals surface area contributed by atoms with E-state index >= 15 is 0 Å². The number of hydrogen-bond donors (Lipinski definition) is 3. The van der Waals surface area contributed by atoms with E-state index in [2.05, 4.69) is 28.1 Å². The van der Waals surface area contributed by atoms with Crippen LogP contribution in [0.4, 0.5) is 0 Å². The summed E-state index contributed by atoms with van der Waals surface area (Å²) in [5.74, 6) is -0.666. The van der Waals surface area contributed by atoms with Crippen LogP contribution < -0.4 is 16.0 Å². The zero-order chi connectivity index (χ0) is 22.1. The first kappa shape index (κ1) is 21.8. The molecule has 3 N–H and O–H groups in total. The summed E-state index contributed by atoms with van der Waals surface area (Å²) in [6.45, 7) is 3.52. The van der Waals surface area contributed by atoms with Gasteiger partial charge in [0, 0.05) is 0 Å². The summed E-state index contributed by atoms with van der Waals surface area (Å²) in [5.41, 5.74) is 2.44. The Labute approximate surface area is 183 Å². The minimum Gasteiger partial charge on any atom is -0.353 e. The van der Waals surface area contributed by atoms with Gasteiger partial charge in [0.25, 0.3) is 5.91 Å². The molecule has 8 heteroatoms. The molecule has 6 atom stereocenters. The normalized spacial score (nSPS) is 30.9. The lowest BCUT2D eigenvalue weighted by molar-refractivity contribution is -0.179. The van der Waals surface area contributed by atoms with Gasteiger partial charge in [-0.2, -0.15) is 0 Å². The zero-order valence-corrected chi connectivity index (χ0v) is 18.4. The maximum absolute atomic E-state index is 13.3. The highest BCUT2D eigenvalue weighted by Gasteiger charge is 2.50. The minimum atomic E-state index is -0.802. The summed E-state index contributed by atoms with van der Waals surface area (Å²) >= 11 is 0. The minimum absolute atomic E-state index is 0.0387. The number of rotatable bonds is 5. The third kappa shape index (κ3) is 4.19. The monoisotopic (exact) mass is 428 g/mol. The summed E-state index contributed by atoms with van der Waals surface area (Å²) in [5, 5.41) is 8.83. The number of fused-ring (bicyclic) bond motifs is 2. The van der Waals surface area contributed by atoms with Crippen LogP contribution in [0.3, 0.4) is 0 Å². The van der Waals surface area contributed by atoms with E-state index in [9.17, 15) is 14.4 Å². The molecule has 31 heavy (non-hydrogen) atoms. The number of nitrogens with one attached hydrogen (secondary N) is 3. The Kier molecular flexibility index (Phi) is 6.29. The van der Waals surface area contributed by atoms with Crippen molar-refractivity contribution in [3.63, 3.8) is 0 Å². The van der Waals surface area contributed by atoms with E-state index in [1.165, 1.54) is 5.56 Å². The molecule has 0 saturated carbocycles. The fraction of sp³-hybridized carbons (Fsp3) is 0.609. The van der Waals surface area contributed by atoms with Gasteiger partial charge in [-0.3, -0.25) is 14.4 Å². The van der Waals surface area contributed by atoms with Gasteiger partial charge in [0.15, 0.2) is 0 Å². The van der Waals surface area contributed by atoms with Crippen molar-refractivity contribution in [3.8, 4) is 0 Å². The van der Waals surface area contributed by atoms with Crippen LogP contribution in [0.2, 0.25) is 0 Å². The number of aryl methyl sites for hydroxylation is 1. The molecule has 168 valence electrons. The highest BCUT2D eigenvalue weighted by Crippen LogP contribution is 2.34. The van der Waals surface area contributed by atoms with Gasteiger partial charge in [-0.25, -0.2) is 0 Å². The number of carbonyl (C=O) groups is 3. The molecule has 2 fully saturated rings. The van der Waals surface area contributed by atoms with Gasteiger partial charge in [-0.15, -0.1) is 0 Å². The average Bonchev–Trinajstić information content (AvgIpc) is 3.20. The van der Waals surface area contributed by atoms with Gasteiger partial charge in [0.2, 0.25) is 11.8 Å². The summed E-state index contributed by atoms with van der Waals surface area (Å²) in [6, 6.07) is 6.36. The van der Waals surface area contributed by atoms with E-state index in [4.69, 9.17) is 4.74 Å². The lowest BCUT2D eigenvalue weighted by Crippen LogP contribution is -2.65. The van der Waals surface area contributed by atoms with Crippen LogP contribution in [-0.4, -0.2) is 60.1 Å². The Morgan fingerprint density at radius 1 is 1.16 bits per heavy atom. The lowest BCUT2D eigenvalue weighted by atomic mass is 9.87. The Balaban J connectivity index is 1.47. The van der Waals surface area contributed by atoms with Crippen LogP contribution in [0.5, 0.6) is 0 Å². The van der Waals surface area contributed by atoms with Gasteiger partial charge >= 0.3 is 0 Å². The number of carbonyl (C=O) groups excluding carboxylic acids is 3. The Hall–Kier alpha value is -2.45. The van der Waals surface area contributed by atoms with E-state index in [0.29, 0.717) is 12.8 Å². The van der Waals surface area contributed by atoms with Crippen molar-refractivity contribution in [1.82, 2.24) is 20.9 Å². The number of likely N-dealkylation sites (N-methyl/N-ethyl adjacent to an activating group) is 1. The van der Waals surface area contributed by atoms with Crippen LogP contribution in [0, 0.1) is 0 Å². The maximum Gasteiger partial charge on any atom is 0.250 e. The van der Waals surface area contributed by atoms with Gasteiger partial charge in [-0.05, 0) is 64.1 Å². The van der Waals surface area contributed by atoms with Crippen molar-refractivity contribution < 1.29 is 19.1 Å². The van der Waals surface area contributed by atoms with E-state index in [1.54, 1.807) is 25.8 Å². The Morgan fingerprint density at radius 2 is 1.94 bits per heavy atom. The molecule has 4 rings (SSSR count). The van der Waals surface area contributed by atoms with Crippen LogP contribution >= 0.6 is 0 Å². The second-order valence-corrected chi connectivity index (χ2v) is 8.78. The number of ether oxygens (including phenoxy) is 1. The molecule has 0 spiro atoms. The SMILES string of the molecule is CN[C@@H](C)C(=O)N[C@@H]1C(=O)N2C(C(=O)N[C@H]3CCCc4ccccc43)CC[C@@H]2O[C@@H]1C. The fourth-order valence-electron chi connectivity index (χ4n) is 4.91. The van der Waals surface area contributed by atoms with Crippen molar-refractivity contribution in [1.29, 1.82) is 0 Å². The first-order valence-electron chi connectivity index (χ1n) is 11.2. The van der Waals surface area contributed by atoms with E-state index in [0.717, 1.165) is 24.8 Å². The van der Waals surface area contributed by atoms with Gasteiger partial charge in [0.1, 0.15) is 18.3 Å². The molecular formula is C23H32N4O4. The van der Waals surface area contributed by atoms with Crippen LogP contribution in [0.15, 0.2) is 24.3 Å². The smallest absolute Gasteiger partial charge is 0.250 e. The number of benzene rings is 1. The fourth-order valence-corrected chi connectivity index (χ4v) is 4.91. The maximum atomic E-state index is 13.3. The summed E-state index contributed by atoms with van der Waals surface area (Å²) in [6.07, 6.45) is 3.23. The largest absolute Gasteiger partial charge is 0.353 e. The first-order chi connectivity index (χ1) is 14.9. The predicted molar refractivity (Wildman–Crippen MR) is 115 cm³/mol. The van der Waals surface area contributed by atoms with Gasteiger partial charge < -0.3 is 25.6 Å². The first-order valence-corrected chi connectivity index (χ1v) is 11.2. The molecule has 0 aromatic heterocycles. The van der Waals surface area contributed by atoms with Crippen molar-refractivity contribution in [2.24, 2.45) is 0 Å². The standard InChI is InChI=1S/C23H32N4O4/c1-13(24-3)21(28)26-20-14(2)31-19-12-11-18(27(19)23(20)30)22(29)25-17-10-6-8-15-7-4-5-9-16(15)17/h4-5,7,9,13-14,17-20,24H,6,8,10-12H2,1-3H3,(H,25,29)(H,26,28)/t13-,14+,17-,18?,19-,20-/m0/s1. The molecule has 0 bridgehead atoms. The van der Waals surface area contributed by atoms with Gasteiger partial charge in [-0.1, -0.05) is 24.3 Å². The molecule has 8 nitrogen and oxygen atoms in total. The second kappa shape index (κ2) is 8.96. The zero-order valence-electron chi connectivity index (χ0n) is 18.4. The lowest BCUT2D eigenvalue weighted by Gasteiger charge is -2.41. The molecule has 2 saturated heterocycles. The molecule has 1 aliphatic carbocycles. The number of amides is 3. The molecule has 1 aromatic rings. The van der Waals surface area contributed by atoms with E-state index in [-0.39, 0.29) is 23.8 Å². The van der Waals surface area contributed by atoms with Crippen LogP contribution in [0.1, 0.15) is 56.7 Å². The van der Waals surface area contributed by atoms with Crippen LogP contribution in [0.25, 0.3) is 0 Å². The van der Waals surface area contributed by atoms with Gasteiger partial charge in [0.05, 0.1) is 18.2 Å². The molecule has 1 aromatic carbocycles. The summed E-state index contributed by atoms with van der Waals surface area (Å²) in [4.78, 5) is 40.4. The average molecular weight is 429 g/mol. The molecule has 2 heterocycles. The Bertz CT molecular complexity index is 860. The molecular weight excluding hydrogens is 396 g/mol. The third-order valence-electron chi connectivity index (χ3n) is 6.81. The number of nitrogens with zero attached hydrogens (tertiary/aromatic N) is 1. The van der Waals surface area contributed by atoms with E-state index in [1.807, 2.05) is 12.1 Å². The highest BCUT2D eigenvalue weighted by molar-refractivity contribution is 5.94. The quantitative estimate of drug-likeness (QED) is 0.650. The van der Waals surface area contributed by atoms with Crippen LogP contribution in [-0.2, 0) is 25.5 Å². The number of hydrogen-bond acceptors (Lipinski definition) is 5. The third-order valence-corrected chi connectivity index (χ3v) is 6.81. The van der Waals surface area contributed by atoms with Crippen molar-refractivity contribution >= 4 is 17.7 Å². The van der Waals surface area contributed by atoms with Crippen molar-refractivity contribution in [3.05, 3.63) is 35.4 Å². The highest BCUT2D eigenvalue weighted by atomic mass is 16.5. The second-order valence-electron chi connectivity index (χ2n) is 8.78. The Morgan fingerprint density at radius 3 is 2.71 bits per heavy atom. The molecule has 3 amide bonds.